The van der Waals surface area contributed by atoms with Crippen LogP contribution in [0.4, 0.5) is 11.4 Å². The number of para-hydroxylation sites is 2. The molecule has 2 N–H and O–H groups in total. The number of methoxy groups -OCH3 is 1. The van der Waals surface area contributed by atoms with Gasteiger partial charge in [0.05, 0.1) is 12.6 Å². The number of ether oxygens (including phenoxy) is 1. The van der Waals surface area contributed by atoms with Gasteiger partial charge in [0.25, 0.3) is 0 Å². The van der Waals surface area contributed by atoms with Crippen molar-refractivity contribution in [1.29, 1.82) is 0 Å². The van der Waals surface area contributed by atoms with E-state index in [9.17, 15) is 5.11 Å². The quantitative estimate of drug-likeness (QED) is 0.694. The molecule has 5 nitrogen and oxygen atoms in total. The number of aromatic hydroxyl groups is 1. The van der Waals surface area contributed by atoms with Gasteiger partial charge in [-0.15, -0.1) is 10.2 Å². The minimum atomic E-state index is 0.00449. The highest BCUT2D eigenvalue weighted by molar-refractivity contribution is 5.94. The van der Waals surface area contributed by atoms with Crippen LogP contribution in [0, 0.1) is 0 Å². The first-order chi connectivity index (χ1) is 9.79. The molecule has 100 valence electrons. The number of benzene rings is 2. The summed E-state index contributed by atoms with van der Waals surface area (Å²) in [6.07, 6.45) is 0. The van der Waals surface area contributed by atoms with Gasteiger partial charge < -0.3 is 14.8 Å². The molecule has 0 saturated heterocycles. The van der Waals surface area contributed by atoms with Crippen LogP contribution < -0.4 is 4.74 Å². The predicted molar refractivity (Wildman–Crippen MR) is 77.1 cm³/mol. The van der Waals surface area contributed by atoms with Crippen molar-refractivity contribution in [2.45, 2.75) is 0 Å². The lowest BCUT2D eigenvalue weighted by Crippen LogP contribution is -1.81. The maximum atomic E-state index is 9.90. The SMILES string of the molecule is COc1ccccc1N=Nc1c(O)[nH]c2ccccc12. The molecule has 0 aliphatic heterocycles. The third kappa shape index (κ3) is 2.09. The van der Waals surface area contributed by atoms with Gasteiger partial charge in [-0.25, -0.2) is 0 Å². The normalized spacial score (nSPS) is 11.2. The molecule has 0 unspecified atom stereocenters. The molecule has 3 aromatic rings. The predicted octanol–water partition coefficient (Wildman–Crippen LogP) is 4.30. The lowest BCUT2D eigenvalue weighted by atomic mass is 10.2. The summed E-state index contributed by atoms with van der Waals surface area (Å²) in [4.78, 5) is 2.86. The minimum absolute atomic E-state index is 0.00449. The van der Waals surface area contributed by atoms with Crippen LogP contribution in [0.15, 0.2) is 58.8 Å². The second-order valence-electron chi connectivity index (χ2n) is 4.24. The zero-order chi connectivity index (χ0) is 13.9. The van der Waals surface area contributed by atoms with E-state index in [-0.39, 0.29) is 5.88 Å². The average Bonchev–Trinajstić information content (AvgIpc) is 2.81. The molecule has 0 saturated carbocycles. The standard InChI is InChI=1S/C15H13N3O2/c1-20-13-9-5-4-8-12(13)17-18-14-10-6-2-3-7-11(10)16-15(14)19/h2-9,16,19H,1H3. The van der Waals surface area contributed by atoms with Gasteiger partial charge in [0.15, 0.2) is 5.69 Å². The maximum absolute atomic E-state index is 9.90. The number of H-pyrrole nitrogens is 1. The van der Waals surface area contributed by atoms with Crippen molar-refractivity contribution in [3.05, 3.63) is 48.5 Å². The first-order valence-corrected chi connectivity index (χ1v) is 6.14. The van der Waals surface area contributed by atoms with Crippen LogP contribution >= 0.6 is 0 Å². The second-order valence-corrected chi connectivity index (χ2v) is 4.24. The van der Waals surface area contributed by atoms with Gasteiger partial charge in [0.1, 0.15) is 11.4 Å². The summed E-state index contributed by atoms with van der Waals surface area (Å²) >= 11 is 0. The summed E-state index contributed by atoms with van der Waals surface area (Å²) in [5, 5.41) is 19.0. The fourth-order valence-corrected chi connectivity index (χ4v) is 2.03. The highest BCUT2D eigenvalue weighted by Gasteiger charge is 2.09. The third-order valence-corrected chi connectivity index (χ3v) is 3.00. The van der Waals surface area contributed by atoms with E-state index in [0.717, 1.165) is 10.9 Å². The topological polar surface area (TPSA) is 70.0 Å². The lowest BCUT2D eigenvalue weighted by molar-refractivity contribution is 0.416. The summed E-state index contributed by atoms with van der Waals surface area (Å²) in [6, 6.07) is 14.8. The fraction of sp³-hybridized carbons (Fsp3) is 0.0667. The second kappa shape index (κ2) is 5.05. The van der Waals surface area contributed by atoms with Gasteiger partial charge in [-0.05, 0) is 18.2 Å². The summed E-state index contributed by atoms with van der Waals surface area (Å²) < 4.78 is 5.21. The number of nitrogens with zero attached hydrogens (tertiary/aromatic N) is 2. The molecule has 0 spiro atoms. The van der Waals surface area contributed by atoms with Crippen molar-refractivity contribution in [3.63, 3.8) is 0 Å². The number of fused-ring (bicyclic) bond motifs is 1. The number of aromatic amines is 1. The van der Waals surface area contributed by atoms with Crippen molar-refractivity contribution >= 4 is 22.3 Å². The van der Waals surface area contributed by atoms with E-state index in [4.69, 9.17) is 4.74 Å². The van der Waals surface area contributed by atoms with Crippen molar-refractivity contribution in [1.82, 2.24) is 4.98 Å². The van der Waals surface area contributed by atoms with Crippen LogP contribution in [-0.2, 0) is 0 Å². The van der Waals surface area contributed by atoms with E-state index in [0.29, 0.717) is 17.1 Å². The molecule has 0 aliphatic carbocycles. The smallest absolute Gasteiger partial charge is 0.218 e. The van der Waals surface area contributed by atoms with Crippen molar-refractivity contribution < 1.29 is 9.84 Å². The third-order valence-electron chi connectivity index (χ3n) is 3.00. The Hall–Kier alpha value is -2.82. The zero-order valence-corrected chi connectivity index (χ0v) is 10.9. The lowest BCUT2D eigenvalue weighted by Gasteiger charge is -2.01. The Balaban J connectivity index is 2.05. The largest absolute Gasteiger partial charge is 0.494 e. The summed E-state index contributed by atoms with van der Waals surface area (Å²) in [5.41, 5.74) is 1.85. The molecule has 1 aromatic heterocycles. The summed E-state index contributed by atoms with van der Waals surface area (Å²) in [5.74, 6) is 0.639. The number of aromatic nitrogens is 1. The van der Waals surface area contributed by atoms with Crippen LogP contribution in [0.5, 0.6) is 11.6 Å². The molecule has 0 aliphatic rings. The molecule has 0 radical (unpaired) electrons. The zero-order valence-electron chi connectivity index (χ0n) is 10.9. The van der Waals surface area contributed by atoms with Gasteiger partial charge >= 0.3 is 0 Å². The Kier molecular flexibility index (Phi) is 3.09. The first kappa shape index (κ1) is 12.2. The number of rotatable bonds is 3. The maximum Gasteiger partial charge on any atom is 0.218 e. The molecule has 0 atom stereocenters. The van der Waals surface area contributed by atoms with Crippen LogP contribution in [0.1, 0.15) is 0 Å². The van der Waals surface area contributed by atoms with Gasteiger partial charge in [0.2, 0.25) is 5.88 Å². The van der Waals surface area contributed by atoms with Gasteiger partial charge in [-0.2, -0.15) is 0 Å². The number of hydrogen-bond donors (Lipinski definition) is 2. The van der Waals surface area contributed by atoms with Crippen molar-refractivity contribution in [2.24, 2.45) is 10.2 Å². The molecule has 0 fully saturated rings. The van der Waals surface area contributed by atoms with Crippen LogP contribution in [0.2, 0.25) is 0 Å². The van der Waals surface area contributed by atoms with Crippen LogP contribution in [0.3, 0.4) is 0 Å². The van der Waals surface area contributed by atoms with E-state index in [1.807, 2.05) is 42.5 Å². The molecule has 5 heteroatoms. The highest BCUT2D eigenvalue weighted by Crippen LogP contribution is 2.37. The number of azo groups is 1. The molecule has 3 rings (SSSR count). The van der Waals surface area contributed by atoms with Crippen LogP contribution in [-0.4, -0.2) is 17.2 Å². The Labute approximate surface area is 115 Å². The van der Waals surface area contributed by atoms with Crippen molar-refractivity contribution in [3.8, 4) is 11.6 Å². The molecule has 1 heterocycles. The Morgan fingerprint density at radius 1 is 1.00 bits per heavy atom. The molecule has 0 bridgehead atoms. The van der Waals surface area contributed by atoms with Crippen LogP contribution in [0.25, 0.3) is 10.9 Å². The number of hydrogen-bond acceptors (Lipinski definition) is 4. The van der Waals surface area contributed by atoms with Gasteiger partial charge in [-0.1, -0.05) is 30.3 Å². The Morgan fingerprint density at radius 2 is 1.75 bits per heavy atom. The van der Waals surface area contributed by atoms with E-state index >= 15 is 0 Å². The minimum Gasteiger partial charge on any atom is -0.494 e. The summed E-state index contributed by atoms with van der Waals surface area (Å²) in [7, 11) is 1.58. The van der Waals surface area contributed by atoms with E-state index in [1.165, 1.54) is 0 Å². The first-order valence-electron chi connectivity index (χ1n) is 6.14. The Morgan fingerprint density at radius 3 is 2.60 bits per heavy atom. The molecule has 2 aromatic carbocycles. The monoisotopic (exact) mass is 267 g/mol. The van der Waals surface area contributed by atoms with Gasteiger partial charge in [-0.3, -0.25) is 0 Å². The van der Waals surface area contributed by atoms with E-state index in [1.54, 1.807) is 13.2 Å². The van der Waals surface area contributed by atoms with Crippen molar-refractivity contribution in [2.75, 3.05) is 7.11 Å². The summed E-state index contributed by atoms with van der Waals surface area (Å²) in [6.45, 7) is 0. The number of nitrogens with one attached hydrogen (secondary N) is 1. The molecular weight excluding hydrogens is 254 g/mol. The van der Waals surface area contributed by atoms with E-state index < -0.39 is 0 Å². The molecule has 20 heavy (non-hydrogen) atoms. The van der Waals surface area contributed by atoms with Gasteiger partial charge in [0, 0.05) is 5.39 Å². The highest BCUT2D eigenvalue weighted by atomic mass is 16.5. The molecular formula is C15H13N3O2. The Bertz CT molecular complexity index is 778. The fourth-order valence-electron chi connectivity index (χ4n) is 2.03. The average molecular weight is 267 g/mol. The molecule has 0 amide bonds. The van der Waals surface area contributed by atoms with E-state index in [2.05, 4.69) is 15.2 Å².